The van der Waals surface area contributed by atoms with E-state index >= 15 is 0 Å². The van der Waals surface area contributed by atoms with E-state index in [9.17, 15) is 8.78 Å². The molecule has 2 N–H and O–H groups in total. The predicted octanol–water partition coefficient (Wildman–Crippen LogP) is 4.16. The average Bonchev–Trinajstić information content (AvgIpc) is 2.84. The fraction of sp³-hybridized carbons (Fsp3) is 0. The first-order chi connectivity index (χ1) is 10.1. The topological polar surface area (TPSA) is 43.8 Å². The molecule has 0 aliphatic heterocycles. The van der Waals surface area contributed by atoms with Crippen LogP contribution in [-0.2, 0) is 0 Å². The monoisotopic (exact) mass is 349 g/mol. The molecule has 0 spiro atoms. The second-order valence-corrected chi connectivity index (χ2v) is 5.37. The summed E-state index contributed by atoms with van der Waals surface area (Å²) >= 11 is 3.28. The number of nitrogens with two attached hydrogens (primary N) is 1. The summed E-state index contributed by atoms with van der Waals surface area (Å²) < 4.78 is 29.7. The molecule has 1 heterocycles. The second-order valence-electron chi connectivity index (χ2n) is 4.45. The van der Waals surface area contributed by atoms with E-state index in [1.54, 1.807) is 30.3 Å². The Labute approximate surface area is 128 Å². The van der Waals surface area contributed by atoms with Gasteiger partial charge in [0.25, 0.3) is 0 Å². The fourth-order valence-corrected chi connectivity index (χ4v) is 2.40. The number of hydrogen-bond acceptors (Lipinski definition) is 2. The lowest BCUT2D eigenvalue weighted by Crippen LogP contribution is -1.98. The van der Waals surface area contributed by atoms with Gasteiger partial charge in [0.2, 0.25) is 0 Å². The van der Waals surface area contributed by atoms with Crippen molar-refractivity contribution in [3.63, 3.8) is 0 Å². The number of halogens is 3. The van der Waals surface area contributed by atoms with E-state index in [0.29, 0.717) is 4.47 Å². The van der Waals surface area contributed by atoms with Crippen LogP contribution in [0.15, 0.2) is 53.1 Å². The molecule has 0 atom stereocenters. The molecule has 1 aromatic heterocycles. The van der Waals surface area contributed by atoms with E-state index in [0.717, 1.165) is 0 Å². The summed E-state index contributed by atoms with van der Waals surface area (Å²) in [6.45, 7) is 0. The molecule has 0 saturated carbocycles. The van der Waals surface area contributed by atoms with Gasteiger partial charge in [-0.15, -0.1) is 0 Å². The molecule has 0 amide bonds. The summed E-state index contributed by atoms with van der Waals surface area (Å²) in [7, 11) is 0. The molecule has 106 valence electrons. The number of anilines is 1. The van der Waals surface area contributed by atoms with E-state index in [2.05, 4.69) is 21.0 Å². The van der Waals surface area contributed by atoms with Gasteiger partial charge in [0.15, 0.2) is 0 Å². The van der Waals surface area contributed by atoms with Crippen molar-refractivity contribution in [2.75, 3.05) is 5.73 Å². The number of benzene rings is 2. The minimum Gasteiger partial charge on any atom is -0.396 e. The molecular formula is C15H10BrF2N3. The molecule has 0 fully saturated rings. The maximum Gasteiger partial charge on any atom is 0.148 e. The fourth-order valence-electron chi connectivity index (χ4n) is 2.04. The Kier molecular flexibility index (Phi) is 3.47. The van der Waals surface area contributed by atoms with Crippen molar-refractivity contribution in [3.8, 4) is 16.9 Å². The summed E-state index contributed by atoms with van der Waals surface area (Å²) in [6, 6.07) is 10.7. The lowest BCUT2D eigenvalue weighted by Gasteiger charge is -2.03. The molecular weight excluding hydrogens is 340 g/mol. The van der Waals surface area contributed by atoms with Crippen LogP contribution in [-0.4, -0.2) is 9.78 Å². The summed E-state index contributed by atoms with van der Waals surface area (Å²) in [6.07, 6.45) is 1.47. The summed E-state index contributed by atoms with van der Waals surface area (Å²) in [5, 5.41) is 4.20. The number of rotatable bonds is 2. The van der Waals surface area contributed by atoms with Crippen LogP contribution >= 0.6 is 15.9 Å². The molecule has 0 radical (unpaired) electrons. The van der Waals surface area contributed by atoms with Gasteiger partial charge in [-0.2, -0.15) is 5.10 Å². The zero-order valence-electron chi connectivity index (χ0n) is 10.7. The van der Waals surface area contributed by atoms with Crippen molar-refractivity contribution in [3.05, 3.63) is 64.8 Å². The molecule has 0 aliphatic rings. The second kappa shape index (κ2) is 5.29. The van der Waals surface area contributed by atoms with Crippen molar-refractivity contribution < 1.29 is 8.78 Å². The molecule has 21 heavy (non-hydrogen) atoms. The first-order valence-electron chi connectivity index (χ1n) is 6.12. The highest BCUT2D eigenvalue weighted by atomic mass is 79.9. The predicted molar refractivity (Wildman–Crippen MR) is 81.0 cm³/mol. The maximum absolute atomic E-state index is 13.9. The van der Waals surface area contributed by atoms with Gasteiger partial charge in [0.1, 0.15) is 23.0 Å². The first kappa shape index (κ1) is 13.8. The Hall–Kier alpha value is -2.21. The van der Waals surface area contributed by atoms with Crippen molar-refractivity contribution in [2.45, 2.75) is 0 Å². The van der Waals surface area contributed by atoms with Crippen LogP contribution in [0.5, 0.6) is 0 Å². The van der Waals surface area contributed by atoms with Crippen LogP contribution in [0.3, 0.4) is 0 Å². The number of hydrogen-bond donors (Lipinski definition) is 1. The van der Waals surface area contributed by atoms with Gasteiger partial charge in [-0.1, -0.05) is 28.1 Å². The van der Waals surface area contributed by atoms with E-state index in [1.165, 1.54) is 23.0 Å². The van der Waals surface area contributed by atoms with Crippen LogP contribution in [0.2, 0.25) is 0 Å². The summed E-state index contributed by atoms with van der Waals surface area (Å²) in [4.78, 5) is 0. The molecule has 6 heteroatoms. The Bertz CT molecular complexity index is 814. The van der Waals surface area contributed by atoms with E-state index < -0.39 is 11.6 Å². The third-order valence-corrected chi connectivity index (χ3v) is 3.52. The van der Waals surface area contributed by atoms with Crippen molar-refractivity contribution in [1.82, 2.24) is 9.78 Å². The van der Waals surface area contributed by atoms with E-state index in [-0.39, 0.29) is 22.6 Å². The first-order valence-corrected chi connectivity index (χ1v) is 6.91. The Balaban J connectivity index is 2.15. The Morgan fingerprint density at radius 2 is 1.81 bits per heavy atom. The Morgan fingerprint density at radius 3 is 2.57 bits per heavy atom. The molecule has 3 aromatic rings. The molecule has 0 saturated heterocycles. The van der Waals surface area contributed by atoms with Crippen molar-refractivity contribution >= 4 is 21.6 Å². The van der Waals surface area contributed by atoms with Crippen LogP contribution in [0.4, 0.5) is 14.5 Å². The number of para-hydroxylation sites is 1. The van der Waals surface area contributed by atoms with Crippen LogP contribution in [0.1, 0.15) is 0 Å². The van der Waals surface area contributed by atoms with Gasteiger partial charge < -0.3 is 5.73 Å². The van der Waals surface area contributed by atoms with E-state index in [1.807, 2.05) is 0 Å². The molecule has 3 nitrogen and oxygen atoms in total. The zero-order chi connectivity index (χ0) is 15.0. The Morgan fingerprint density at radius 1 is 1.05 bits per heavy atom. The molecule has 2 aromatic carbocycles. The summed E-state index contributed by atoms with van der Waals surface area (Å²) in [5.41, 5.74) is 6.96. The molecule has 0 bridgehead atoms. The smallest absolute Gasteiger partial charge is 0.148 e. The van der Waals surface area contributed by atoms with Crippen LogP contribution in [0.25, 0.3) is 16.9 Å². The largest absolute Gasteiger partial charge is 0.396 e. The zero-order valence-corrected chi connectivity index (χ0v) is 12.3. The lowest BCUT2D eigenvalue weighted by molar-refractivity contribution is 0.610. The van der Waals surface area contributed by atoms with Crippen LogP contribution < -0.4 is 5.73 Å². The minimum absolute atomic E-state index is 0.255. The molecule has 0 aliphatic carbocycles. The number of nitrogen functional groups attached to an aromatic ring is 1. The lowest BCUT2D eigenvalue weighted by atomic mass is 10.1. The highest BCUT2D eigenvalue weighted by Gasteiger charge is 2.15. The van der Waals surface area contributed by atoms with Crippen LogP contribution in [0, 0.1) is 11.6 Å². The molecule has 3 rings (SSSR count). The normalized spacial score (nSPS) is 10.8. The van der Waals surface area contributed by atoms with Gasteiger partial charge in [-0.3, -0.25) is 0 Å². The third-order valence-electron chi connectivity index (χ3n) is 3.03. The van der Waals surface area contributed by atoms with E-state index in [4.69, 9.17) is 5.73 Å². The summed E-state index contributed by atoms with van der Waals surface area (Å²) in [5.74, 6) is -0.870. The minimum atomic E-state index is -0.441. The highest BCUT2D eigenvalue weighted by molar-refractivity contribution is 9.10. The number of nitrogens with zero attached hydrogens (tertiary/aromatic N) is 2. The SMILES string of the molecule is Nc1cn(-c2ccccc2F)nc1-c1cc(Br)ccc1F. The average molecular weight is 350 g/mol. The standard InChI is InChI=1S/C15H10BrF2N3/c16-9-5-6-11(17)10(7-9)15-13(19)8-21(20-15)14-4-2-1-3-12(14)18/h1-8H,19H2. The third kappa shape index (κ3) is 2.54. The van der Waals surface area contributed by atoms with Gasteiger partial charge in [-0.25, -0.2) is 13.5 Å². The number of aromatic nitrogens is 2. The molecule has 0 unspecified atom stereocenters. The van der Waals surface area contributed by atoms with Gasteiger partial charge in [0.05, 0.1) is 11.9 Å². The quantitative estimate of drug-likeness (QED) is 0.754. The van der Waals surface area contributed by atoms with Crippen molar-refractivity contribution in [2.24, 2.45) is 0 Å². The van der Waals surface area contributed by atoms with Gasteiger partial charge >= 0.3 is 0 Å². The van der Waals surface area contributed by atoms with Gasteiger partial charge in [-0.05, 0) is 30.3 Å². The maximum atomic E-state index is 13.9. The van der Waals surface area contributed by atoms with Gasteiger partial charge in [0, 0.05) is 10.0 Å². The van der Waals surface area contributed by atoms with Crippen molar-refractivity contribution in [1.29, 1.82) is 0 Å². The highest BCUT2D eigenvalue weighted by Crippen LogP contribution is 2.30.